The molecule has 1 saturated carbocycles. The van der Waals surface area contributed by atoms with E-state index in [0.717, 1.165) is 25.7 Å². The fourth-order valence-electron chi connectivity index (χ4n) is 5.08. The van der Waals surface area contributed by atoms with Gasteiger partial charge in [-0.1, -0.05) is 18.8 Å². The Morgan fingerprint density at radius 1 is 1.28 bits per heavy atom. The summed E-state index contributed by atoms with van der Waals surface area (Å²) in [4.78, 5) is 28.3. The lowest BCUT2D eigenvalue weighted by atomic mass is 9.82. The van der Waals surface area contributed by atoms with E-state index in [1.165, 1.54) is 7.11 Å². The maximum atomic E-state index is 14.2. The number of amides is 2. The highest BCUT2D eigenvalue weighted by molar-refractivity contribution is 6.03. The van der Waals surface area contributed by atoms with E-state index >= 15 is 0 Å². The van der Waals surface area contributed by atoms with Crippen molar-refractivity contribution in [1.82, 2.24) is 10.3 Å². The van der Waals surface area contributed by atoms with Crippen molar-refractivity contribution in [1.29, 1.82) is 0 Å². The molecule has 2 aromatic rings. The lowest BCUT2D eigenvalue weighted by Crippen LogP contribution is -2.34. The van der Waals surface area contributed by atoms with E-state index in [1.54, 1.807) is 18.3 Å². The number of benzene rings is 1. The zero-order valence-corrected chi connectivity index (χ0v) is 20.6. The van der Waals surface area contributed by atoms with E-state index in [9.17, 15) is 19.1 Å². The molecule has 8 nitrogen and oxygen atoms in total. The smallest absolute Gasteiger partial charge is 0.255 e. The number of rotatable bonds is 7. The second-order valence-electron chi connectivity index (χ2n) is 9.51. The first kappa shape index (κ1) is 25.7. The minimum absolute atomic E-state index is 0.0474. The number of halogens is 1. The van der Waals surface area contributed by atoms with Gasteiger partial charge in [0.1, 0.15) is 12.4 Å². The van der Waals surface area contributed by atoms with E-state index in [1.807, 2.05) is 6.92 Å². The monoisotopic (exact) mass is 497 g/mol. The first-order chi connectivity index (χ1) is 17.4. The molecule has 192 valence electrons. The van der Waals surface area contributed by atoms with E-state index in [-0.39, 0.29) is 36.3 Å². The summed E-state index contributed by atoms with van der Waals surface area (Å²) in [5.41, 5.74) is 6.42. The second kappa shape index (κ2) is 11.1. The summed E-state index contributed by atoms with van der Waals surface area (Å²) in [6.07, 6.45) is 4.26. The largest absolute Gasteiger partial charge is 0.496 e. The van der Waals surface area contributed by atoms with Crippen molar-refractivity contribution in [2.45, 2.75) is 51.2 Å². The Bertz CT molecular complexity index is 1200. The van der Waals surface area contributed by atoms with E-state index in [0.29, 0.717) is 28.7 Å². The number of pyridine rings is 1. The van der Waals surface area contributed by atoms with Crippen LogP contribution in [0.1, 0.15) is 54.9 Å². The molecule has 2 aliphatic rings. The van der Waals surface area contributed by atoms with Gasteiger partial charge in [-0.15, -0.1) is 0 Å². The Hall–Kier alpha value is -3.38. The number of carbonyl (C=O) groups is 2. The van der Waals surface area contributed by atoms with E-state index in [4.69, 9.17) is 15.2 Å². The second-order valence-corrected chi connectivity index (χ2v) is 9.51. The molecule has 2 amide bonds. The van der Waals surface area contributed by atoms with E-state index < -0.39 is 29.9 Å². The van der Waals surface area contributed by atoms with Crippen LogP contribution in [-0.2, 0) is 4.79 Å². The Morgan fingerprint density at radius 2 is 2.03 bits per heavy atom. The first-order valence-electron chi connectivity index (χ1n) is 12.4. The molecule has 1 aromatic carbocycles. The van der Waals surface area contributed by atoms with Gasteiger partial charge in [-0.3, -0.25) is 9.59 Å². The highest BCUT2D eigenvalue weighted by Gasteiger charge is 2.41. The molecule has 2 fully saturated rings. The number of hydrogen-bond donors (Lipinski definition) is 3. The van der Waals surface area contributed by atoms with Gasteiger partial charge in [-0.05, 0) is 50.2 Å². The number of fused-ring (bicyclic) bond motifs is 1. The lowest BCUT2D eigenvalue weighted by Gasteiger charge is -2.23. The fraction of sp³-hybridized carbons (Fsp3) is 0.519. The zero-order valence-electron chi connectivity index (χ0n) is 20.6. The Kier molecular flexibility index (Phi) is 7.94. The maximum Gasteiger partial charge on any atom is 0.255 e. The SMILES string of the molecule is CC[C@H]1C(COc2ncc(C#CC3CCC(CO)CC3)c3cc(C(N)=O)c(OC)cc23)NC(=O)[C@H]1F. The number of nitrogens with zero attached hydrogens (tertiary/aromatic N) is 1. The number of nitrogens with two attached hydrogens (primary N) is 1. The molecule has 1 aliphatic carbocycles. The molecule has 9 heteroatoms. The van der Waals surface area contributed by atoms with Crippen molar-refractivity contribution >= 4 is 22.6 Å². The zero-order chi connectivity index (χ0) is 25.8. The standard InChI is InChI=1S/C27H32FN3O5/c1-3-18-22(31-26(34)24(18)28)14-36-27-20-11-23(35-2)21(25(29)33)10-19(20)17(12-30-27)9-8-15-4-6-16(13-32)7-5-15/h10-12,15-16,18,22,24,32H,3-7,13-14H2,1-2H3,(H2,29,33)(H,31,34)/t15?,16?,18-,22?,24-/m0/s1. The third kappa shape index (κ3) is 5.24. The molecule has 1 aromatic heterocycles. The quantitative estimate of drug-likeness (QED) is 0.506. The van der Waals surface area contributed by atoms with E-state index in [2.05, 4.69) is 22.1 Å². The van der Waals surface area contributed by atoms with Crippen LogP contribution in [-0.4, -0.2) is 54.4 Å². The Labute approximate surface area is 209 Å². The normalized spacial score (nSPS) is 25.7. The highest BCUT2D eigenvalue weighted by Crippen LogP contribution is 2.34. The van der Waals surface area contributed by atoms with Gasteiger partial charge < -0.3 is 25.6 Å². The van der Waals surface area contributed by atoms with Gasteiger partial charge in [-0.25, -0.2) is 9.37 Å². The summed E-state index contributed by atoms with van der Waals surface area (Å²) in [5, 5.41) is 13.2. The minimum atomic E-state index is -1.56. The molecule has 0 bridgehead atoms. The number of methoxy groups -OCH3 is 1. The number of carbonyl (C=O) groups excluding carboxylic acids is 2. The number of primary amides is 1. The van der Waals surface area contributed by atoms with Crippen LogP contribution in [0.2, 0.25) is 0 Å². The van der Waals surface area contributed by atoms with Crippen LogP contribution in [0.25, 0.3) is 10.8 Å². The van der Waals surface area contributed by atoms with Gasteiger partial charge in [0.25, 0.3) is 11.8 Å². The van der Waals surface area contributed by atoms with Crippen molar-refractivity contribution in [3.63, 3.8) is 0 Å². The van der Waals surface area contributed by atoms with Gasteiger partial charge in [-0.2, -0.15) is 0 Å². The average molecular weight is 498 g/mol. The Balaban J connectivity index is 1.67. The van der Waals surface area contributed by atoms with Crippen molar-refractivity contribution in [2.75, 3.05) is 20.3 Å². The van der Waals surface area contributed by atoms with Crippen molar-refractivity contribution < 1.29 is 28.6 Å². The topological polar surface area (TPSA) is 124 Å². The number of hydrogen-bond acceptors (Lipinski definition) is 6. The highest BCUT2D eigenvalue weighted by atomic mass is 19.1. The van der Waals surface area contributed by atoms with Gasteiger partial charge >= 0.3 is 0 Å². The molecule has 2 heterocycles. The predicted molar refractivity (Wildman–Crippen MR) is 132 cm³/mol. The van der Waals surface area contributed by atoms with Crippen LogP contribution in [0.5, 0.6) is 11.6 Å². The van der Waals surface area contributed by atoms with Gasteiger partial charge in [0, 0.05) is 35.4 Å². The lowest BCUT2D eigenvalue weighted by molar-refractivity contribution is -0.123. The number of aromatic nitrogens is 1. The molecule has 0 radical (unpaired) electrons. The minimum Gasteiger partial charge on any atom is -0.496 e. The molecule has 3 atom stereocenters. The van der Waals surface area contributed by atoms with Crippen LogP contribution in [0.3, 0.4) is 0 Å². The van der Waals surface area contributed by atoms with Gasteiger partial charge in [0.05, 0.1) is 24.3 Å². The summed E-state index contributed by atoms with van der Waals surface area (Å²) < 4.78 is 25.5. The molecule has 0 spiro atoms. The number of alkyl halides is 1. The van der Waals surface area contributed by atoms with Crippen molar-refractivity contribution in [3.8, 4) is 23.5 Å². The van der Waals surface area contributed by atoms with Crippen LogP contribution in [0.15, 0.2) is 18.3 Å². The average Bonchev–Trinajstić information content (AvgIpc) is 3.17. The maximum absolute atomic E-state index is 14.2. The first-order valence-corrected chi connectivity index (χ1v) is 12.4. The van der Waals surface area contributed by atoms with Gasteiger partial charge in [0.15, 0.2) is 6.17 Å². The summed E-state index contributed by atoms with van der Waals surface area (Å²) in [6, 6.07) is 2.79. The van der Waals surface area contributed by atoms with Crippen LogP contribution in [0.4, 0.5) is 4.39 Å². The summed E-state index contributed by atoms with van der Waals surface area (Å²) in [7, 11) is 1.44. The number of aliphatic hydroxyl groups is 1. The van der Waals surface area contributed by atoms with Crippen molar-refractivity contribution in [2.24, 2.45) is 23.5 Å². The number of aliphatic hydroxyl groups excluding tert-OH is 1. The molecule has 4 N–H and O–H groups in total. The summed E-state index contributed by atoms with van der Waals surface area (Å²) in [6.45, 7) is 2.09. The Morgan fingerprint density at radius 3 is 2.67 bits per heavy atom. The third-order valence-electron chi connectivity index (χ3n) is 7.29. The van der Waals surface area contributed by atoms with Gasteiger partial charge in [0.2, 0.25) is 5.88 Å². The van der Waals surface area contributed by atoms with Crippen LogP contribution >= 0.6 is 0 Å². The number of nitrogens with one attached hydrogen (secondary N) is 1. The van der Waals surface area contributed by atoms with Crippen LogP contribution < -0.4 is 20.5 Å². The summed E-state index contributed by atoms with van der Waals surface area (Å²) >= 11 is 0. The molecule has 1 unspecified atom stereocenters. The molecule has 1 aliphatic heterocycles. The molecular formula is C27H32FN3O5. The molecular weight excluding hydrogens is 465 g/mol. The molecule has 1 saturated heterocycles. The fourth-order valence-corrected chi connectivity index (χ4v) is 5.08. The number of ether oxygens (including phenoxy) is 2. The predicted octanol–water partition coefficient (Wildman–Crippen LogP) is 2.73. The van der Waals surface area contributed by atoms with Crippen molar-refractivity contribution in [3.05, 3.63) is 29.5 Å². The molecule has 4 rings (SSSR count). The summed E-state index contributed by atoms with van der Waals surface area (Å²) in [5.74, 6) is 5.90. The van der Waals surface area contributed by atoms with Crippen LogP contribution in [0, 0.1) is 29.6 Å². The molecule has 36 heavy (non-hydrogen) atoms. The third-order valence-corrected chi connectivity index (χ3v) is 7.29.